The van der Waals surface area contributed by atoms with Crippen molar-refractivity contribution in [1.82, 2.24) is 10.2 Å². The molecule has 2 aromatic rings. The largest absolute Gasteiger partial charge is 0.491 e. The minimum Gasteiger partial charge on any atom is -0.491 e. The number of fused-ring (bicyclic) bond motifs is 1. The van der Waals surface area contributed by atoms with Crippen LogP contribution in [0.2, 0.25) is 0 Å². The average molecular weight is 476 g/mol. The number of amides is 1. The molecular weight excluding hydrogens is 442 g/mol. The summed E-state index contributed by atoms with van der Waals surface area (Å²) >= 11 is 0. The first-order valence-corrected chi connectivity index (χ1v) is 12.7. The summed E-state index contributed by atoms with van der Waals surface area (Å²) in [5.74, 6) is 0.174. The molecular formula is C24H33N3O5S. The third kappa shape index (κ3) is 6.93. The Hall–Kier alpha value is -2.62. The molecule has 180 valence electrons. The highest BCUT2D eigenvalue weighted by molar-refractivity contribution is 7.91. The zero-order valence-corrected chi connectivity index (χ0v) is 20.4. The van der Waals surface area contributed by atoms with Gasteiger partial charge in [0.15, 0.2) is 0 Å². The lowest BCUT2D eigenvalue weighted by molar-refractivity contribution is 0.0281. The standard InChI is InChI=1S/C24H33N3O5S/c1-17-13-25-18(2)15-32-22-11-10-20(12-21(22)24(28)27(3)14-23(17)31-4)26-33(29,30)16-19-8-6-5-7-9-19/h5-12,17-18,23,25-26H,13-16H2,1-4H3/t17-,18+,23-/m0/s1. The predicted molar refractivity (Wildman–Crippen MR) is 129 cm³/mol. The third-order valence-corrected chi connectivity index (χ3v) is 6.96. The van der Waals surface area contributed by atoms with Gasteiger partial charge in [0, 0.05) is 39.0 Å². The molecule has 0 aliphatic carbocycles. The van der Waals surface area contributed by atoms with Crippen LogP contribution in [0.25, 0.3) is 0 Å². The van der Waals surface area contributed by atoms with Crippen molar-refractivity contribution < 1.29 is 22.7 Å². The quantitative estimate of drug-likeness (QED) is 0.690. The number of methoxy groups -OCH3 is 1. The second-order valence-corrected chi connectivity index (χ2v) is 10.3. The van der Waals surface area contributed by atoms with E-state index in [-0.39, 0.29) is 29.7 Å². The van der Waals surface area contributed by atoms with Crippen LogP contribution in [0.15, 0.2) is 48.5 Å². The van der Waals surface area contributed by atoms with E-state index in [0.29, 0.717) is 35.7 Å². The molecule has 3 atom stereocenters. The first-order chi connectivity index (χ1) is 15.7. The van der Waals surface area contributed by atoms with Crippen molar-refractivity contribution in [3.8, 4) is 5.75 Å². The summed E-state index contributed by atoms with van der Waals surface area (Å²) in [6.07, 6.45) is -0.144. The molecule has 2 aromatic carbocycles. The minimum atomic E-state index is -3.66. The fourth-order valence-corrected chi connectivity index (χ4v) is 4.92. The van der Waals surface area contributed by atoms with Crippen LogP contribution < -0.4 is 14.8 Å². The lowest BCUT2D eigenvalue weighted by atomic mass is 10.0. The zero-order chi connectivity index (χ0) is 24.0. The lowest BCUT2D eigenvalue weighted by Gasteiger charge is -2.30. The molecule has 0 radical (unpaired) electrons. The molecule has 0 fully saturated rings. The van der Waals surface area contributed by atoms with Crippen LogP contribution in [0.1, 0.15) is 29.8 Å². The summed E-state index contributed by atoms with van der Waals surface area (Å²) in [7, 11) is -0.308. The Kier molecular flexibility index (Phi) is 8.34. The van der Waals surface area contributed by atoms with Crippen molar-refractivity contribution in [1.29, 1.82) is 0 Å². The number of rotatable bonds is 5. The van der Waals surface area contributed by atoms with Gasteiger partial charge in [0.1, 0.15) is 12.4 Å². The van der Waals surface area contributed by atoms with Gasteiger partial charge < -0.3 is 19.7 Å². The molecule has 0 unspecified atom stereocenters. The number of nitrogens with one attached hydrogen (secondary N) is 2. The molecule has 0 saturated heterocycles. The summed E-state index contributed by atoms with van der Waals surface area (Å²) in [4.78, 5) is 14.9. The summed E-state index contributed by atoms with van der Waals surface area (Å²) < 4.78 is 39.5. The van der Waals surface area contributed by atoms with Crippen LogP contribution in [0.4, 0.5) is 5.69 Å². The molecule has 0 bridgehead atoms. The summed E-state index contributed by atoms with van der Waals surface area (Å²) in [5, 5.41) is 3.44. The SMILES string of the molecule is CO[C@H]1CN(C)C(=O)c2cc(NS(=O)(=O)Cc3ccccc3)ccc2OC[C@@H](C)NC[C@@H]1C. The molecule has 0 aromatic heterocycles. The first-order valence-electron chi connectivity index (χ1n) is 11.0. The first kappa shape index (κ1) is 25.0. The normalized spacial score (nSPS) is 22.5. The van der Waals surface area contributed by atoms with Crippen LogP contribution in [0.5, 0.6) is 5.75 Å². The third-order valence-electron chi connectivity index (χ3n) is 5.70. The van der Waals surface area contributed by atoms with E-state index < -0.39 is 10.0 Å². The average Bonchev–Trinajstić information content (AvgIpc) is 2.78. The Bertz CT molecular complexity index is 1050. The van der Waals surface area contributed by atoms with E-state index in [1.807, 2.05) is 13.0 Å². The lowest BCUT2D eigenvalue weighted by Crippen LogP contribution is -2.44. The van der Waals surface area contributed by atoms with Crippen LogP contribution in [0, 0.1) is 5.92 Å². The molecule has 0 saturated carbocycles. The van der Waals surface area contributed by atoms with E-state index in [1.165, 1.54) is 6.07 Å². The Morgan fingerprint density at radius 3 is 2.61 bits per heavy atom. The molecule has 1 amide bonds. The number of anilines is 1. The summed E-state index contributed by atoms with van der Waals surface area (Å²) in [6, 6.07) is 13.8. The van der Waals surface area contributed by atoms with E-state index >= 15 is 0 Å². The van der Waals surface area contributed by atoms with Crippen molar-refractivity contribution in [3.05, 3.63) is 59.7 Å². The van der Waals surface area contributed by atoms with Gasteiger partial charge >= 0.3 is 0 Å². The second kappa shape index (κ2) is 11.0. The number of hydrogen-bond acceptors (Lipinski definition) is 6. The smallest absolute Gasteiger partial charge is 0.257 e. The van der Waals surface area contributed by atoms with Gasteiger partial charge in [-0.15, -0.1) is 0 Å². The van der Waals surface area contributed by atoms with E-state index in [2.05, 4.69) is 17.0 Å². The van der Waals surface area contributed by atoms with E-state index in [0.717, 1.165) is 6.54 Å². The molecule has 1 aliphatic rings. The molecule has 2 N–H and O–H groups in total. The van der Waals surface area contributed by atoms with Crippen molar-refractivity contribution in [3.63, 3.8) is 0 Å². The molecule has 1 aliphatic heterocycles. The predicted octanol–water partition coefficient (Wildman–Crippen LogP) is 2.72. The highest BCUT2D eigenvalue weighted by atomic mass is 32.2. The van der Waals surface area contributed by atoms with Crippen LogP contribution >= 0.6 is 0 Å². The van der Waals surface area contributed by atoms with E-state index in [9.17, 15) is 13.2 Å². The number of likely N-dealkylation sites (N-methyl/N-ethyl adjacent to an activating group) is 1. The Labute approximate surface area is 196 Å². The van der Waals surface area contributed by atoms with Crippen molar-refractivity contribution in [2.75, 3.05) is 38.6 Å². The second-order valence-electron chi connectivity index (χ2n) is 8.62. The van der Waals surface area contributed by atoms with Gasteiger partial charge in [-0.05, 0) is 36.6 Å². The maximum atomic E-state index is 13.3. The fraction of sp³-hybridized carbons (Fsp3) is 0.458. The van der Waals surface area contributed by atoms with E-state index in [1.54, 1.807) is 55.5 Å². The maximum absolute atomic E-state index is 13.3. The number of ether oxygens (including phenoxy) is 2. The van der Waals surface area contributed by atoms with Gasteiger partial charge in [0.25, 0.3) is 5.91 Å². The van der Waals surface area contributed by atoms with Gasteiger partial charge in [-0.3, -0.25) is 9.52 Å². The number of hydrogen-bond donors (Lipinski definition) is 2. The molecule has 33 heavy (non-hydrogen) atoms. The number of benzene rings is 2. The van der Waals surface area contributed by atoms with Gasteiger partial charge in [0.2, 0.25) is 10.0 Å². The minimum absolute atomic E-state index is 0.0640. The van der Waals surface area contributed by atoms with Gasteiger partial charge in [0.05, 0.1) is 17.4 Å². The molecule has 3 rings (SSSR count). The van der Waals surface area contributed by atoms with Gasteiger partial charge in [-0.25, -0.2) is 8.42 Å². The van der Waals surface area contributed by atoms with Gasteiger partial charge in [-0.1, -0.05) is 37.3 Å². The number of sulfonamides is 1. The highest BCUT2D eigenvalue weighted by Gasteiger charge is 2.26. The Morgan fingerprint density at radius 2 is 1.91 bits per heavy atom. The van der Waals surface area contributed by atoms with Crippen molar-refractivity contribution >= 4 is 21.6 Å². The summed E-state index contributed by atoms with van der Waals surface area (Å²) in [5.41, 5.74) is 1.29. The maximum Gasteiger partial charge on any atom is 0.257 e. The highest BCUT2D eigenvalue weighted by Crippen LogP contribution is 2.26. The van der Waals surface area contributed by atoms with Gasteiger partial charge in [-0.2, -0.15) is 0 Å². The molecule has 0 spiro atoms. The molecule has 1 heterocycles. The van der Waals surface area contributed by atoms with Crippen LogP contribution in [-0.2, 0) is 20.5 Å². The van der Waals surface area contributed by atoms with Crippen molar-refractivity contribution in [2.45, 2.75) is 31.7 Å². The molecule has 8 nitrogen and oxygen atoms in total. The zero-order valence-electron chi connectivity index (χ0n) is 19.6. The fourth-order valence-electron chi connectivity index (χ4n) is 3.73. The number of carbonyl (C=O) groups is 1. The topological polar surface area (TPSA) is 97.0 Å². The Morgan fingerprint density at radius 1 is 1.18 bits per heavy atom. The van der Waals surface area contributed by atoms with Crippen LogP contribution in [0.3, 0.4) is 0 Å². The number of carbonyl (C=O) groups excluding carboxylic acids is 1. The summed E-state index contributed by atoms with van der Waals surface area (Å²) in [6.45, 7) is 5.59. The Balaban J connectivity index is 1.88. The van der Waals surface area contributed by atoms with Crippen molar-refractivity contribution in [2.24, 2.45) is 5.92 Å². The number of nitrogens with zero attached hydrogens (tertiary/aromatic N) is 1. The van der Waals surface area contributed by atoms with E-state index in [4.69, 9.17) is 9.47 Å². The van der Waals surface area contributed by atoms with Crippen LogP contribution in [-0.4, -0.2) is 65.2 Å². The molecule has 9 heteroatoms. The monoisotopic (exact) mass is 475 g/mol.